The predicted octanol–water partition coefficient (Wildman–Crippen LogP) is 1.12. The number of carbonyl (C=O) groups excluding carboxylic acids is 2. The molecule has 0 bridgehead atoms. The molecule has 0 aliphatic carbocycles. The van der Waals surface area contributed by atoms with Gasteiger partial charge in [0.2, 0.25) is 0 Å². The number of anilines is 1. The molecule has 2 aliphatic rings. The molecule has 2 fully saturated rings. The van der Waals surface area contributed by atoms with Crippen molar-refractivity contribution in [1.29, 1.82) is 5.26 Å². The molecule has 1 N–H and O–H groups in total. The minimum atomic E-state index is -0.875. The quantitative estimate of drug-likeness (QED) is 0.824. The smallest absolute Gasteiger partial charge is 0.332 e. The second-order valence-electron chi connectivity index (χ2n) is 5.04. The van der Waals surface area contributed by atoms with Crippen LogP contribution in [0.4, 0.5) is 10.5 Å². The third-order valence-corrected chi connectivity index (χ3v) is 4.28. The lowest BCUT2D eigenvalue weighted by Crippen LogP contribution is -2.36. The van der Waals surface area contributed by atoms with Crippen molar-refractivity contribution in [3.8, 4) is 11.8 Å². The highest BCUT2D eigenvalue weighted by Gasteiger charge is 2.53. The normalized spacial score (nSPS) is 23.7. The number of ether oxygens (including phenoxy) is 1. The molecule has 0 spiro atoms. The summed E-state index contributed by atoms with van der Waals surface area (Å²) in [4.78, 5) is 27.1. The van der Waals surface area contributed by atoms with Crippen molar-refractivity contribution in [2.24, 2.45) is 0 Å². The van der Waals surface area contributed by atoms with Gasteiger partial charge in [-0.1, -0.05) is 11.6 Å². The second kappa shape index (κ2) is 5.16. The summed E-state index contributed by atoms with van der Waals surface area (Å²) < 4.78 is 5.09. The Morgan fingerprint density at radius 2 is 2.18 bits per heavy atom. The van der Waals surface area contributed by atoms with Crippen molar-refractivity contribution in [1.82, 2.24) is 4.90 Å². The molecule has 22 heavy (non-hydrogen) atoms. The fourth-order valence-electron chi connectivity index (χ4n) is 2.87. The van der Waals surface area contributed by atoms with Gasteiger partial charge in [-0.05, 0) is 18.6 Å². The maximum absolute atomic E-state index is 12.5. The van der Waals surface area contributed by atoms with Gasteiger partial charge in [0.25, 0.3) is 5.91 Å². The lowest BCUT2D eigenvalue weighted by atomic mass is 10.1. The van der Waals surface area contributed by atoms with E-state index in [2.05, 4.69) is 0 Å². The van der Waals surface area contributed by atoms with E-state index < -0.39 is 24.1 Å². The van der Waals surface area contributed by atoms with Crippen LogP contribution >= 0.6 is 11.6 Å². The van der Waals surface area contributed by atoms with Crippen LogP contribution in [0.1, 0.15) is 12.0 Å². The highest BCUT2D eigenvalue weighted by Crippen LogP contribution is 2.40. The molecule has 2 heterocycles. The number of aliphatic hydroxyl groups excluding tert-OH is 1. The van der Waals surface area contributed by atoms with Gasteiger partial charge in [-0.2, -0.15) is 5.26 Å². The van der Waals surface area contributed by atoms with Gasteiger partial charge in [0.1, 0.15) is 17.1 Å². The van der Waals surface area contributed by atoms with Gasteiger partial charge in [-0.3, -0.25) is 4.79 Å². The van der Waals surface area contributed by atoms with Gasteiger partial charge in [0.05, 0.1) is 24.5 Å². The molecule has 2 aliphatic heterocycles. The molecule has 1 aromatic rings. The molecule has 8 heteroatoms. The molecule has 3 amide bonds. The molecule has 1 aromatic carbocycles. The van der Waals surface area contributed by atoms with Gasteiger partial charge < -0.3 is 14.7 Å². The van der Waals surface area contributed by atoms with Gasteiger partial charge in [-0.15, -0.1) is 0 Å². The molecule has 0 aromatic heterocycles. The predicted molar refractivity (Wildman–Crippen MR) is 76.7 cm³/mol. The highest BCUT2D eigenvalue weighted by atomic mass is 35.5. The maximum Gasteiger partial charge on any atom is 0.332 e. The molecule has 7 nitrogen and oxygen atoms in total. The van der Waals surface area contributed by atoms with Crippen molar-refractivity contribution in [2.45, 2.75) is 18.6 Å². The summed E-state index contributed by atoms with van der Waals surface area (Å²) in [6.07, 6.45) is -0.499. The van der Waals surface area contributed by atoms with Crippen molar-refractivity contribution >= 4 is 29.2 Å². The lowest BCUT2D eigenvalue weighted by molar-refractivity contribution is -0.121. The number of carbonyl (C=O) groups is 2. The first kappa shape index (κ1) is 14.6. The number of methoxy groups -OCH3 is 1. The van der Waals surface area contributed by atoms with E-state index >= 15 is 0 Å². The number of fused-ring (bicyclic) bond motifs is 1. The SMILES string of the molecule is COc1c(C#N)ccc(N2C(=O)[C@@H]3C(O)CCN3C2=O)c1Cl. The van der Waals surface area contributed by atoms with Crippen LogP contribution in [0, 0.1) is 11.3 Å². The second-order valence-corrected chi connectivity index (χ2v) is 5.42. The Morgan fingerprint density at radius 3 is 2.77 bits per heavy atom. The summed E-state index contributed by atoms with van der Waals surface area (Å²) in [6.45, 7) is 0.317. The minimum Gasteiger partial charge on any atom is -0.494 e. The largest absolute Gasteiger partial charge is 0.494 e. The summed E-state index contributed by atoms with van der Waals surface area (Å²) in [5.41, 5.74) is 0.352. The monoisotopic (exact) mass is 321 g/mol. The summed E-state index contributed by atoms with van der Waals surface area (Å²) >= 11 is 6.19. The molecular weight excluding hydrogens is 310 g/mol. The van der Waals surface area contributed by atoms with E-state index in [4.69, 9.17) is 21.6 Å². The van der Waals surface area contributed by atoms with Crippen LogP contribution in [0.2, 0.25) is 5.02 Å². The number of nitriles is 1. The van der Waals surface area contributed by atoms with E-state index in [9.17, 15) is 14.7 Å². The number of nitrogens with zero attached hydrogens (tertiary/aromatic N) is 3. The molecule has 2 saturated heterocycles. The number of hydrogen-bond donors (Lipinski definition) is 1. The Hall–Kier alpha value is -2.30. The molecule has 3 rings (SSSR count). The summed E-state index contributed by atoms with van der Waals surface area (Å²) in [5.74, 6) is -0.418. The molecular formula is C14H12ClN3O4. The van der Waals surface area contributed by atoms with Crippen molar-refractivity contribution in [3.63, 3.8) is 0 Å². The lowest BCUT2D eigenvalue weighted by Gasteiger charge is -2.18. The summed E-state index contributed by atoms with van der Waals surface area (Å²) in [5, 5.41) is 18.9. The average Bonchev–Trinajstić information content (AvgIpc) is 3.00. The standard InChI is InChI=1S/C14H12ClN3O4/c1-22-12-7(6-16)2-3-8(10(12)15)18-13(20)11-9(19)4-5-17(11)14(18)21/h2-3,9,11,19H,4-5H2,1H3/t9?,11-/m0/s1. The number of rotatable bonds is 2. The Morgan fingerprint density at radius 1 is 1.45 bits per heavy atom. The topological polar surface area (TPSA) is 93.9 Å². The Labute approximate surface area is 131 Å². The van der Waals surface area contributed by atoms with E-state index in [1.165, 1.54) is 24.1 Å². The van der Waals surface area contributed by atoms with Gasteiger partial charge in [-0.25, -0.2) is 9.69 Å². The van der Waals surface area contributed by atoms with E-state index in [-0.39, 0.29) is 22.0 Å². The van der Waals surface area contributed by atoms with E-state index in [0.717, 1.165) is 4.90 Å². The zero-order valence-corrected chi connectivity index (χ0v) is 12.4. The summed E-state index contributed by atoms with van der Waals surface area (Å²) in [7, 11) is 1.35. The van der Waals surface area contributed by atoms with Crippen LogP contribution in [0.15, 0.2) is 12.1 Å². The van der Waals surface area contributed by atoms with Crippen LogP contribution in [0.3, 0.4) is 0 Å². The first-order chi connectivity index (χ1) is 10.5. The van der Waals surface area contributed by atoms with Crippen molar-refractivity contribution < 1.29 is 19.4 Å². The Kier molecular flexibility index (Phi) is 3.43. The number of amides is 3. The number of hydrogen-bond acceptors (Lipinski definition) is 5. The first-order valence-electron chi connectivity index (χ1n) is 6.60. The van der Waals surface area contributed by atoms with Gasteiger partial charge in [0, 0.05) is 6.54 Å². The number of imide groups is 1. The highest BCUT2D eigenvalue weighted by molar-refractivity contribution is 6.37. The molecule has 2 atom stereocenters. The number of halogens is 1. The Balaban J connectivity index is 2.08. The number of urea groups is 1. The van der Waals surface area contributed by atoms with Gasteiger partial charge >= 0.3 is 6.03 Å². The molecule has 0 saturated carbocycles. The van der Waals surface area contributed by atoms with E-state index in [0.29, 0.717) is 13.0 Å². The first-order valence-corrected chi connectivity index (χ1v) is 6.98. The Bertz CT molecular complexity index is 715. The van der Waals surface area contributed by atoms with E-state index in [1.807, 2.05) is 6.07 Å². The fourth-order valence-corrected chi connectivity index (χ4v) is 3.20. The molecule has 1 unspecified atom stereocenters. The van der Waals surface area contributed by atoms with Crippen molar-refractivity contribution in [3.05, 3.63) is 22.7 Å². The fraction of sp³-hybridized carbons (Fsp3) is 0.357. The van der Waals surface area contributed by atoms with Crippen LogP contribution in [-0.4, -0.2) is 47.7 Å². The van der Waals surface area contributed by atoms with Crippen LogP contribution < -0.4 is 9.64 Å². The van der Waals surface area contributed by atoms with E-state index in [1.54, 1.807) is 0 Å². The van der Waals surface area contributed by atoms with Crippen LogP contribution in [0.25, 0.3) is 0 Å². The zero-order valence-electron chi connectivity index (χ0n) is 11.6. The minimum absolute atomic E-state index is 0.0129. The van der Waals surface area contributed by atoms with Gasteiger partial charge in [0.15, 0.2) is 5.75 Å². The van der Waals surface area contributed by atoms with Crippen molar-refractivity contribution in [2.75, 3.05) is 18.6 Å². The molecule has 0 radical (unpaired) electrons. The molecule has 114 valence electrons. The number of aliphatic hydroxyl groups is 1. The van der Waals surface area contributed by atoms with Crippen LogP contribution in [0.5, 0.6) is 5.75 Å². The van der Waals surface area contributed by atoms with Crippen LogP contribution in [-0.2, 0) is 4.79 Å². The number of benzene rings is 1. The zero-order chi connectivity index (χ0) is 16.0. The average molecular weight is 322 g/mol. The maximum atomic E-state index is 12.5. The third-order valence-electron chi connectivity index (χ3n) is 3.92. The summed E-state index contributed by atoms with van der Waals surface area (Å²) in [6, 6.07) is 3.38. The third kappa shape index (κ3) is 1.85.